The summed E-state index contributed by atoms with van der Waals surface area (Å²) in [6.07, 6.45) is 14.1. The molecule has 3 fully saturated rings. The molecular formula is C58H80BBrN4O6S2. The lowest BCUT2D eigenvalue weighted by atomic mass is 9.77. The third kappa shape index (κ3) is 13.0. The van der Waals surface area contributed by atoms with Crippen LogP contribution in [0.15, 0.2) is 87.1 Å². The Hall–Kier alpha value is -3.76. The van der Waals surface area contributed by atoms with Gasteiger partial charge in [-0.1, -0.05) is 90.9 Å². The van der Waals surface area contributed by atoms with Crippen molar-refractivity contribution in [2.45, 2.75) is 192 Å². The third-order valence-electron chi connectivity index (χ3n) is 14.9. The van der Waals surface area contributed by atoms with Gasteiger partial charge in [0.05, 0.1) is 21.0 Å². The smallest absolute Gasteiger partial charge is 0.399 e. The van der Waals surface area contributed by atoms with Gasteiger partial charge in [0.15, 0.2) is 0 Å². The average molecular weight is 1080 g/mol. The van der Waals surface area contributed by atoms with Crippen molar-refractivity contribution in [3.63, 3.8) is 0 Å². The summed E-state index contributed by atoms with van der Waals surface area (Å²) < 4.78 is 69.7. The first-order valence-corrected chi connectivity index (χ1v) is 29.8. The molecule has 1 aliphatic heterocycles. The van der Waals surface area contributed by atoms with Crippen molar-refractivity contribution >= 4 is 76.7 Å². The molecule has 0 aromatic heterocycles. The van der Waals surface area contributed by atoms with Crippen molar-refractivity contribution in [1.82, 2.24) is 9.44 Å². The highest BCUT2D eigenvalue weighted by Crippen LogP contribution is 2.49. The minimum atomic E-state index is -3.57. The number of nitrogen functional groups attached to an aromatic ring is 2. The van der Waals surface area contributed by atoms with Crippen LogP contribution in [0.1, 0.15) is 172 Å². The summed E-state index contributed by atoms with van der Waals surface area (Å²) in [7, 11) is -7.43. The summed E-state index contributed by atoms with van der Waals surface area (Å²) in [6.45, 7) is 23.4. The van der Waals surface area contributed by atoms with E-state index in [1.807, 2.05) is 125 Å². The van der Waals surface area contributed by atoms with Crippen LogP contribution in [0.4, 0.5) is 11.4 Å². The van der Waals surface area contributed by atoms with E-state index in [0.717, 1.165) is 57.5 Å². The summed E-state index contributed by atoms with van der Waals surface area (Å²) in [6, 6.07) is 23.5. The zero-order chi connectivity index (χ0) is 52.8. The Morgan fingerprint density at radius 2 is 0.986 bits per heavy atom. The quantitative estimate of drug-likeness (QED) is 0.100. The van der Waals surface area contributed by atoms with Gasteiger partial charge in [-0.15, -0.1) is 0 Å². The van der Waals surface area contributed by atoms with E-state index in [1.54, 1.807) is 12.1 Å². The molecule has 1 saturated heterocycles. The Kier molecular flexibility index (Phi) is 16.7. The SMILES string of the molecule is CC(C)(C)NS(=O)(=O)c1ccc2c(c1)CC(Br)=C2C1CCCCC1.Cc1ccc(B2OC(C)(C)C(C)(C)O2)c(N)c1.Cc1ccc(C2=C(C3CCCCC3)c3ccc(S(=O)(=O)NC(C)(C)C)cc3C2)c(N)c1. The molecule has 0 amide bonds. The van der Waals surface area contributed by atoms with Gasteiger partial charge in [0, 0.05) is 44.4 Å². The predicted molar refractivity (Wildman–Crippen MR) is 303 cm³/mol. The number of nitrogens with one attached hydrogen (secondary N) is 2. The fraction of sp³-hybridized carbons (Fsp3) is 0.517. The van der Waals surface area contributed by atoms with Crippen LogP contribution in [-0.4, -0.2) is 46.2 Å². The molecular weight excluding hydrogens is 1000 g/mol. The summed E-state index contributed by atoms with van der Waals surface area (Å²) in [5, 5.41) is 0. The lowest BCUT2D eigenvalue weighted by molar-refractivity contribution is 0.00578. The van der Waals surface area contributed by atoms with Crippen LogP contribution in [0.3, 0.4) is 0 Å². The molecule has 0 spiro atoms. The molecule has 1 heterocycles. The number of benzene rings is 4. The van der Waals surface area contributed by atoms with Crippen molar-refractivity contribution in [2.75, 3.05) is 11.5 Å². The third-order valence-corrected chi connectivity index (χ3v) is 19.1. The van der Waals surface area contributed by atoms with Crippen molar-refractivity contribution in [3.05, 3.63) is 116 Å². The number of rotatable bonds is 8. The first-order chi connectivity index (χ1) is 33.4. The lowest BCUT2D eigenvalue weighted by Crippen LogP contribution is -2.41. The van der Waals surface area contributed by atoms with E-state index in [1.165, 1.54) is 96.5 Å². The molecule has 0 atom stereocenters. The lowest BCUT2D eigenvalue weighted by Gasteiger charge is -2.32. The zero-order valence-electron chi connectivity index (χ0n) is 44.9. The van der Waals surface area contributed by atoms with Gasteiger partial charge in [-0.05, 0) is 214 Å². The molecule has 9 rings (SSSR count). The van der Waals surface area contributed by atoms with Crippen molar-refractivity contribution < 1.29 is 26.1 Å². The van der Waals surface area contributed by atoms with Gasteiger partial charge >= 0.3 is 7.12 Å². The first-order valence-electron chi connectivity index (χ1n) is 26.0. The Bertz CT molecular complexity index is 2940. The van der Waals surface area contributed by atoms with Crippen LogP contribution in [0.2, 0.25) is 0 Å². The van der Waals surface area contributed by atoms with Crippen LogP contribution in [-0.2, 0) is 42.2 Å². The normalized spacial score (nSPS) is 19.4. The summed E-state index contributed by atoms with van der Waals surface area (Å²) in [5.74, 6) is 1.13. The Morgan fingerprint density at radius 3 is 1.44 bits per heavy atom. The number of hydrogen-bond donors (Lipinski definition) is 4. The second-order valence-electron chi connectivity index (χ2n) is 23.9. The molecule has 4 aromatic rings. The molecule has 0 radical (unpaired) electrons. The minimum absolute atomic E-state index is 0.324. The van der Waals surface area contributed by atoms with Crippen LogP contribution >= 0.6 is 15.9 Å². The molecule has 0 bridgehead atoms. The maximum atomic E-state index is 12.9. The van der Waals surface area contributed by atoms with E-state index >= 15 is 0 Å². The van der Waals surface area contributed by atoms with Crippen molar-refractivity contribution in [2.24, 2.45) is 11.8 Å². The number of nitrogens with two attached hydrogens (primary N) is 2. The highest BCUT2D eigenvalue weighted by molar-refractivity contribution is 9.11. The fourth-order valence-corrected chi connectivity index (χ4v) is 14.6. The number of hydrogen-bond acceptors (Lipinski definition) is 8. The highest BCUT2D eigenvalue weighted by Gasteiger charge is 2.52. The number of anilines is 2. The first kappa shape index (κ1) is 56.0. The van der Waals surface area contributed by atoms with Gasteiger partial charge < -0.3 is 20.8 Å². The molecule has 10 nitrogen and oxygen atoms in total. The highest BCUT2D eigenvalue weighted by atomic mass is 79.9. The van der Waals surface area contributed by atoms with Crippen LogP contribution in [0, 0.1) is 25.7 Å². The van der Waals surface area contributed by atoms with Crippen LogP contribution < -0.4 is 26.4 Å². The topological polar surface area (TPSA) is 163 Å². The number of allylic oxidation sites excluding steroid dienone is 4. The standard InChI is InChI=1S/C26H34N2O2S.C19H26BrNO2S.C13H20BNO2/c1-17-10-12-22(24(27)14-17)23-16-19-15-20(31(29,30)28-26(2,3)4)11-13-21(19)25(23)18-8-6-5-7-9-18;1-19(2,3)21-24(22,23)15-9-10-16-14(11-15)12-17(20)18(16)13-7-5-4-6-8-13;1-9-6-7-10(11(15)8-9)14-16-12(2,3)13(4,5)17-14/h10-15,18,28H,5-9,16,27H2,1-4H3;9-11,13,21H,4-8,12H2,1-3H3;6-8H,15H2,1-5H3. The molecule has 2 saturated carbocycles. The fourth-order valence-electron chi connectivity index (χ4n) is 10.8. The largest absolute Gasteiger partial charge is 0.496 e. The Balaban J connectivity index is 0.000000166. The van der Waals surface area contributed by atoms with E-state index in [4.69, 9.17) is 20.8 Å². The Labute approximate surface area is 441 Å². The average Bonchev–Trinajstić information content (AvgIpc) is 3.88. The second kappa shape index (κ2) is 21.5. The number of halogens is 1. The summed E-state index contributed by atoms with van der Waals surface area (Å²) in [5.41, 5.74) is 25.4. The number of fused-ring (bicyclic) bond motifs is 2. The van der Waals surface area contributed by atoms with E-state index in [0.29, 0.717) is 21.6 Å². The van der Waals surface area contributed by atoms with Gasteiger partial charge in [-0.3, -0.25) is 0 Å². The van der Waals surface area contributed by atoms with Gasteiger partial charge in [0.2, 0.25) is 20.0 Å². The predicted octanol–water partition coefficient (Wildman–Crippen LogP) is 12.6. The number of aryl methyl sites for hydroxylation is 2. The molecule has 72 heavy (non-hydrogen) atoms. The molecule has 14 heteroatoms. The van der Waals surface area contributed by atoms with E-state index < -0.39 is 31.1 Å². The summed E-state index contributed by atoms with van der Waals surface area (Å²) in [4.78, 5) is 0.698. The molecule has 6 N–H and O–H groups in total. The number of sulfonamides is 2. The van der Waals surface area contributed by atoms with Crippen LogP contribution in [0.5, 0.6) is 0 Å². The molecule has 4 aromatic carbocycles. The molecule has 4 aliphatic carbocycles. The van der Waals surface area contributed by atoms with Crippen molar-refractivity contribution in [1.29, 1.82) is 0 Å². The van der Waals surface area contributed by atoms with Crippen LogP contribution in [0.25, 0.3) is 16.7 Å². The van der Waals surface area contributed by atoms with Gasteiger partial charge in [-0.25, -0.2) is 26.3 Å². The zero-order valence-corrected chi connectivity index (χ0v) is 48.2. The van der Waals surface area contributed by atoms with Gasteiger partial charge in [0.25, 0.3) is 0 Å². The van der Waals surface area contributed by atoms with E-state index in [2.05, 4.69) is 44.4 Å². The molecule has 0 unspecified atom stereocenters. The van der Waals surface area contributed by atoms with E-state index in [-0.39, 0.29) is 18.3 Å². The maximum absolute atomic E-state index is 12.9. The maximum Gasteiger partial charge on any atom is 0.496 e. The monoisotopic (exact) mass is 1080 g/mol. The van der Waals surface area contributed by atoms with Gasteiger partial charge in [-0.2, -0.15) is 0 Å². The molecule has 5 aliphatic rings. The minimum Gasteiger partial charge on any atom is -0.399 e. The van der Waals surface area contributed by atoms with E-state index in [9.17, 15) is 16.8 Å². The van der Waals surface area contributed by atoms with Crippen molar-refractivity contribution in [3.8, 4) is 0 Å². The second-order valence-corrected chi connectivity index (χ2v) is 28.2. The Morgan fingerprint density at radius 1 is 0.569 bits per heavy atom. The summed E-state index contributed by atoms with van der Waals surface area (Å²) >= 11 is 3.76. The molecule has 390 valence electrons. The van der Waals surface area contributed by atoms with Gasteiger partial charge in [0.1, 0.15) is 0 Å².